The van der Waals surface area contributed by atoms with Gasteiger partial charge in [-0.2, -0.15) is 0 Å². The summed E-state index contributed by atoms with van der Waals surface area (Å²) in [6.45, 7) is 1.98. The first kappa shape index (κ1) is 25.1. The predicted molar refractivity (Wildman–Crippen MR) is 124 cm³/mol. The van der Waals surface area contributed by atoms with E-state index in [-0.39, 0.29) is 23.4 Å². The van der Waals surface area contributed by atoms with Crippen LogP contribution in [0.25, 0.3) is 0 Å². The van der Waals surface area contributed by atoms with Crippen molar-refractivity contribution in [3.8, 4) is 0 Å². The number of unbranched alkanes of at least 4 members (excludes halogenated alkanes) is 2. The first-order chi connectivity index (χ1) is 14.5. The normalized spacial score (nSPS) is 11.9. The molecule has 0 heterocycles. The van der Waals surface area contributed by atoms with Crippen molar-refractivity contribution in [3.05, 3.63) is 54.1 Å². The number of alkyl halides is 2. The lowest BCUT2D eigenvalue weighted by atomic mass is 10.1. The molecule has 0 radical (unpaired) electrons. The minimum absolute atomic E-state index is 0.108. The van der Waals surface area contributed by atoms with E-state index in [1.165, 1.54) is 13.1 Å². The highest BCUT2D eigenvalue weighted by molar-refractivity contribution is 7.99. The fraction of sp³-hybridized carbons (Fsp3) is 0.409. The molecule has 0 bridgehead atoms. The average molecular weight is 471 g/mol. The summed E-state index contributed by atoms with van der Waals surface area (Å²) in [7, 11) is -2.15. The molecule has 0 saturated heterocycles. The third-order valence-electron chi connectivity index (χ3n) is 4.69. The monoisotopic (exact) mass is 470 g/mol. The molecule has 0 atom stereocenters. The number of hydrogen-bond acceptors (Lipinski definition) is 4. The Balaban J connectivity index is 2.02. The number of amides is 1. The molecule has 9 heteroatoms. The van der Waals surface area contributed by atoms with Gasteiger partial charge in [-0.25, -0.2) is 17.2 Å². The van der Waals surface area contributed by atoms with Crippen molar-refractivity contribution >= 4 is 39.1 Å². The summed E-state index contributed by atoms with van der Waals surface area (Å²) in [6, 6.07) is 13.0. The highest BCUT2D eigenvalue weighted by atomic mass is 32.2. The van der Waals surface area contributed by atoms with Crippen molar-refractivity contribution in [2.24, 2.45) is 0 Å². The molecular weight excluding hydrogens is 442 g/mol. The van der Waals surface area contributed by atoms with Gasteiger partial charge in [-0.15, -0.1) is 11.8 Å². The zero-order valence-electron chi connectivity index (χ0n) is 17.9. The molecule has 0 unspecified atom stereocenters. The first-order valence-corrected chi connectivity index (χ1v) is 12.8. The fourth-order valence-electron chi connectivity index (χ4n) is 2.85. The van der Waals surface area contributed by atoms with E-state index >= 15 is 0 Å². The van der Waals surface area contributed by atoms with Crippen LogP contribution in [0.15, 0.2) is 53.4 Å². The van der Waals surface area contributed by atoms with Crippen LogP contribution in [0.3, 0.4) is 0 Å². The maximum absolute atomic E-state index is 13.9. The van der Waals surface area contributed by atoms with Gasteiger partial charge in [0, 0.05) is 24.1 Å². The van der Waals surface area contributed by atoms with Crippen LogP contribution in [0.1, 0.15) is 43.0 Å². The Morgan fingerprint density at radius 1 is 1.10 bits per heavy atom. The molecule has 0 spiro atoms. The van der Waals surface area contributed by atoms with Crippen molar-refractivity contribution < 1.29 is 22.0 Å². The zero-order valence-corrected chi connectivity index (χ0v) is 19.5. The average Bonchev–Trinajstić information content (AvgIpc) is 2.72. The van der Waals surface area contributed by atoms with Gasteiger partial charge >= 0.3 is 0 Å². The molecule has 0 aliphatic carbocycles. The molecule has 5 nitrogen and oxygen atoms in total. The van der Waals surface area contributed by atoms with E-state index in [1.807, 2.05) is 6.92 Å². The van der Waals surface area contributed by atoms with Gasteiger partial charge in [0.1, 0.15) is 0 Å². The molecular formula is C22H28F2N2O3S2. The number of halogens is 2. The van der Waals surface area contributed by atoms with Gasteiger partial charge in [-0.05, 0) is 42.8 Å². The number of carbonyl (C=O) groups excluding carboxylic acids is 1. The third-order valence-corrected chi connectivity index (χ3v) is 7.06. The zero-order chi connectivity index (χ0) is 23.1. The van der Waals surface area contributed by atoms with Gasteiger partial charge in [-0.1, -0.05) is 31.9 Å². The Morgan fingerprint density at radius 3 is 2.35 bits per heavy atom. The second kappa shape index (κ2) is 10.9. The van der Waals surface area contributed by atoms with Crippen LogP contribution in [-0.4, -0.2) is 39.3 Å². The summed E-state index contributed by atoms with van der Waals surface area (Å²) in [5.41, 5.74) is 0.960. The van der Waals surface area contributed by atoms with Gasteiger partial charge in [-0.3, -0.25) is 9.10 Å². The van der Waals surface area contributed by atoms with E-state index in [2.05, 4.69) is 5.32 Å². The molecule has 0 fully saturated rings. The van der Waals surface area contributed by atoms with Gasteiger partial charge in [0.25, 0.3) is 11.8 Å². The van der Waals surface area contributed by atoms with E-state index in [0.29, 0.717) is 17.0 Å². The molecule has 0 aliphatic rings. The largest absolute Gasteiger partial charge is 0.322 e. The summed E-state index contributed by atoms with van der Waals surface area (Å²) in [5.74, 6) is -3.45. The Hall–Kier alpha value is -2.13. The van der Waals surface area contributed by atoms with E-state index in [9.17, 15) is 22.0 Å². The highest BCUT2D eigenvalue weighted by Gasteiger charge is 2.28. The quantitative estimate of drug-likeness (QED) is 0.341. The number of thioether (sulfide) groups is 1. The second-order valence-corrected chi connectivity index (χ2v) is 10.4. The minimum atomic E-state index is -3.53. The van der Waals surface area contributed by atoms with Crippen molar-refractivity contribution in [2.75, 3.05) is 28.7 Å². The Bertz CT molecular complexity index is 981. The Labute approximate surface area is 187 Å². The SMILES string of the molecule is CCCCCC(F)(F)CSc1ccc(NC(=O)c2ccccc2N(C)S(C)(=O)=O)cc1. The van der Waals surface area contributed by atoms with Crippen LogP contribution in [0.2, 0.25) is 0 Å². The number of hydrogen-bond donors (Lipinski definition) is 1. The fourth-order valence-corrected chi connectivity index (χ4v) is 4.21. The first-order valence-electron chi connectivity index (χ1n) is 9.98. The lowest BCUT2D eigenvalue weighted by Gasteiger charge is -2.19. The number of rotatable bonds is 11. The lowest BCUT2D eigenvalue weighted by molar-refractivity contribution is 0.0158. The second-order valence-electron chi connectivity index (χ2n) is 7.33. The number of carbonyl (C=O) groups is 1. The molecule has 2 rings (SSSR count). The van der Waals surface area contributed by atoms with Gasteiger partial charge in [0.15, 0.2) is 0 Å². The molecule has 2 aromatic rings. The topological polar surface area (TPSA) is 66.5 Å². The molecule has 1 amide bonds. The molecule has 170 valence electrons. The van der Waals surface area contributed by atoms with Crippen molar-refractivity contribution in [1.82, 2.24) is 0 Å². The number of anilines is 2. The highest BCUT2D eigenvalue weighted by Crippen LogP contribution is 2.31. The van der Waals surface area contributed by atoms with Crippen molar-refractivity contribution in [2.45, 2.75) is 43.4 Å². The van der Waals surface area contributed by atoms with Crippen LogP contribution in [0.4, 0.5) is 20.2 Å². The Kier molecular flexibility index (Phi) is 8.88. The van der Waals surface area contributed by atoms with Crippen molar-refractivity contribution in [1.29, 1.82) is 0 Å². The molecule has 31 heavy (non-hydrogen) atoms. The number of benzene rings is 2. The maximum atomic E-state index is 13.9. The maximum Gasteiger partial charge on any atom is 0.257 e. The van der Waals surface area contributed by atoms with Crippen LogP contribution in [-0.2, 0) is 10.0 Å². The van der Waals surface area contributed by atoms with Crippen LogP contribution in [0.5, 0.6) is 0 Å². The van der Waals surface area contributed by atoms with Gasteiger partial charge in [0.05, 0.1) is 23.3 Å². The third kappa shape index (κ3) is 7.81. The van der Waals surface area contributed by atoms with Crippen LogP contribution in [0, 0.1) is 0 Å². The van der Waals surface area contributed by atoms with Gasteiger partial charge in [0.2, 0.25) is 10.0 Å². The smallest absolute Gasteiger partial charge is 0.257 e. The summed E-state index contributed by atoms with van der Waals surface area (Å²) in [5, 5.41) is 2.72. The van der Waals surface area contributed by atoms with E-state index in [4.69, 9.17) is 0 Å². The standard InChI is InChI=1S/C22H28F2N2O3S2/c1-4-5-8-15-22(23,24)16-30-18-13-11-17(12-14-18)25-21(27)19-9-6-7-10-20(19)26(2)31(3,28)29/h6-7,9-14H,4-5,8,15-16H2,1-3H3,(H,25,27). The molecule has 0 saturated carbocycles. The Morgan fingerprint density at radius 2 is 1.74 bits per heavy atom. The van der Waals surface area contributed by atoms with Crippen LogP contribution < -0.4 is 9.62 Å². The number of sulfonamides is 1. The van der Waals surface area contributed by atoms with E-state index < -0.39 is 21.9 Å². The van der Waals surface area contributed by atoms with E-state index in [1.54, 1.807) is 42.5 Å². The van der Waals surface area contributed by atoms with E-state index in [0.717, 1.165) is 35.2 Å². The number of nitrogens with one attached hydrogen (secondary N) is 1. The molecule has 1 N–H and O–H groups in total. The summed E-state index contributed by atoms with van der Waals surface area (Å²) in [4.78, 5) is 13.4. The number of nitrogens with zero attached hydrogens (tertiary/aromatic N) is 1. The van der Waals surface area contributed by atoms with Crippen LogP contribution >= 0.6 is 11.8 Å². The molecule has 0 aromatic heterocycles. The molecule has 2 aromatic carbocycles. The lowest BCUT2D eigenvalue weighted by Crippen LogP contribution is -2.27. The minimum Gasteiger partial charge on any atom is -0.322 e. The van der Waals surface area contributed by atoms with Crippen molar-refractivity contribution in [3.63, 3.8) is 0 Å². The molecule has 0 aliphatic heterocycles. The summed E-state index contributed by atoms with van der Waals surface area (Å²) in [6.07, 6.45) is 3.18. The number of para-hydroxylation sites is 1. The summed E-state index contributed by atoms with van der Waals surface area (Å²) >= 11 is 1.08. The summed E-state index contributed by atoms with van der Waals surface area (Å²) < 4.78 is 52.6. The van der Waals surface area contributed by atoms with Gasteiger partial charge < -0.3 is 5.32 Å². The predicted octanol–water partition coefficient (Wildman–Crippen LogP) is 5.64.